The van der Waals surface area contributed by atoms with E-state index in [9.17, 15) is 0 Å². The summed E-state index contributed by atoms with van der Waals surface area (Å²) in [5, 5.41) is 4.79. The van der Waals surface area contributed by atoms with Crippen LogP contribution in [0.4, 0.5) is 0 Å². The Kier molecular flexibility index (Phi) is 5.65. The van der Waals surface area contributed by atoms with E-state index in [0.29, 0.717) is 18.4 Å². The van der Waals surface area contributed by atoms with Gasteiger partial charge < -0.3 is 10.2 Å². The summed E-state index contributed by atoms with van der Waals surface area (Å²) in [4.78, 5) is 2.11. The molecule has 0 saturated carbocycles. The molecular formula is C17H23ClN2S. The lowest BCUT2D eigenvalue weighted by Gasteiger charge is -2.24. The Bertz CT molecular complexity index is 530. The second-order valence-electron chi connectivity index (χ2n) is 5.82. The maximum atomic E-state index is 6.16. The Morgan fingerprint density at radius 2 is 2.33 bits per heavy atom. The topological polar surface area (TPSA) is 15.3 Å². The summed E-state index contributed by atoms with van der Waals surface area (Å²) in [5.74, 6) is 1.24. The number of halogens is 1. The molecule has 0 radical (unpaired) electrons. The molecule has 4 heteroatoms. The molecular weight excluding hydrogens is 300 g/mol. The SMILES string of the molecule is C=CCNC(=S)N(C)CCC1c2cc(Cl)ccc2CC1C. The molecule has 114 valence electrons. The van der Waals surface area contributed by atoms with Crippen LogP contribution in [0, 0.1) is 5.92 Å². The van der Waals surface area contributed by atoms with Crippen LogP contribution < -0.4 is 5.32 Å². The number of fused-ring (bicyclic) bond motifs is 1. The average molecular weight is 323 g/mol. The van der Waals surface area contributed by atoms with E-state index in [1.54, 1.807) is 0 Å². The molecule has 1 aliphatic rings. The molecule has 0 aliphatic heterocycles. The minimum Gasteiger partial charge on any atom is -0.359 e. The van der Waals surface area contributed by atoms with Crippen LogP contribution in [0.2, 0.25) is 5.02 Å². The third-order valence-corrected chi connectivity index (χ3v) is 4.95. The molecule has 0 aromatic heterocycles. The van der Waals surface area contributed by atoms with Crippen molar-refractivity contribution in [2.24, 2.45) is 5.92 Å². The Morgan fingerprint density at radius 1 is 1.57 bits per heavy atom. The Labute approximate surface area is 138 Å². The van der Waals surface area contributed by atoms with E-state index in [0.717, 1.165) is 29.5 Å². The normalized spacial score (nSPS) is 20.0. The first-order valence-corrected chi connectivity index (χ1v) is 8.19. The fraction of sp³-hybridized carbons (Fsp3) is 0.471. The first kappa shape index (κ1) is 16.3. The summed E-state index contributed by atoms with van der Waals surface area (Å²) in [6.07, 6.45) is 4.07. The van der Waals surface area contributed by atoms with Crippen LogP contribution in [0.5, 0.6) is 0 Å². The second-order valence-corrected chi connectivity index (χ2v) is 6.64. The monoisotopic (exact) mass is 322 g/mol. The molecule has 0 amide bonds. The first-order valence-electron chi connectivity index (χ1n) is 7.41. The molecule has 1 aromatic carbocycles. The van der Waals surface area contributed by atoms with Gasteiger partial charge in [0.1, 0.15) is 0 Å². The van der Waals surface area contributed by atoms with E-state index < -0.39 is 0 Å². The first-order chi connectivity index (χ1) is 10.0. The molecule has 1 aromatic rings. The number of hydrogen-bond acceptors (Lipinski definition) is 1. The van der Waals surface area contributed by atoms with Crippen molar-refractivity contribution >= 4 is 28.9 Å². The van der Waals surface area contributed by atoms with Crippen molar-refractivity contribution < 1.29 is 0 Å². The van der Waals surface area contributed by atoms with Gasteiger partial charge in [-0.15, -0.1) is 6.58 Å². The fourth-order valence-corrected chi connectivity index (χ4v) is 3.42. The zero-order valence-corrected chi connectivity index (χ0v) is 14.3. The molecule has 1 N–H and O–H groups in total. The third kappa shape index (κ3) is 3.98. The van der Waals surface area contributed by atoms with E-state index in [4.69, 9.17) is 23.8 Å². The minimum absolute atomic E-state index is 0.573. The standard InChI is InChI=1S/C17H23ClN2S/c1-4-8-19-17(21)20(3)9-7-15-12(2)10-13-5-6-14(18)11-16(13)15/h4-6,11-12,15H,1,7-10H2,2-3H3,(H,19,21). The zero-order valence-electron chi connectivity index (χ0n) is 12.7. The van der Waals surface area contributed by atoms with Crippen molar-refractivity contribution in [1.82, 2.24) is 10.2 Å². The molecule has 2 unspecified atom stereocenters. The largest absolute Gasteiger partial charge is 0.359 e. The zero-order chi connectivity index (χ0) is 15.4. The van der Waals surface area contributed by atoms with Crippen molar-refractivity contribution in [2.45, 2.75) is 25.7 Å². The molecule has 0 fully saturated rings. The lowest BCUT2D eigenvalue weighted by molar-refractivity contribution is 0.401. The lowest BCUT2D eigenvalue weighted by Crippen LogP contribution is -2.38. The second kappa shape index (κ2) is 7.28. The van der Waals surface area contributed by atoms with Crippen LogP contribution in [-0.2, 0) is 6.42 Å². The van der Waals surface area contributed by atoms with Gasteiger partial charge >= 0.3 is 0 Å². The number of hydrogen-bond donors (Lipinski definition) is 1. The smallest absolute Gasteiger partial charge is 0.168 e. The van der Waals surface area contributed by atoms with Crippen LogP contribution >= 0.6 is 23.8 Å². The van der Waals surface area contributed by atoms with Gasteiger partial charge in [0.25, 0.3) is 0 Å². The molecule has 1 aliphatic carbocycles. The number of nitrogens with zero attached hydrogens (tertiary/aromatic N) is 1. The van der Waals surface area contributed by atoms with E-state index in [1.807, 2.05) is 19.2 Å². The van der Waals surface area contributed by atoms with Crippen LogP contribution in [0.3, 0.4) is 0 Å². The van der Waals surface area contributed by atoms with Gasteiger partial charge in [-0.25, -0.2) is 0 Å². The highest BCUT2D eigenvalue weighted by molar-refractivity contribution is 7.80. The molecule has 2 atom stereocenters. The highest BCUT2D eigenvalue weighted by Crippen LogP contribution is 2.41. The summed E-state index contributed by atoms with van der Waals surface area (Å²) < 4.78 is 0. The molecule has 0 spiro atoms. The van der Waals surface area contributed by atoms with Gasteiger partial charge in [-0.3, -0.25) is 0 Å². The predicted octanol–water partition coefficient (Wildman–Crippen LogP) is 4.00. The van der Waals surface area contributed by atoms with Gasteiger partial charge in [-0.1, -0.05) is 30.7 Å². The van der Waals surface area contributed by atoms with Crippen LogP contribution in [0.15, 0.2) is 30.9 Å². The summed E-state index contributed by atoms with van der Waals surface area (Å²) in [6, 6.07) is 6.31. The molecule has 2 nitrogen and oxygen atoms in total. The number of thiocarbonyl (C=S) groups is 1. The Morgan fingerprint density at radius 3 is 3.05 bits per heavy atom. The summed E-state index contributed by atoms with van der Waals surface area (Å²) in [7, 11) is 2.04. The fourth-order valence-electron chi connectivity index (χ4n) is 3.06. The summed E-state index contributed by atoms with van der Waals surface area (Å²) in [6.45, 7) is 7.68. The number of rotatable bonds is 5. The van der Waals surface area contributed by atoms with Gasteiger partial charge in [-0.05, 0) is 60.2 Å². The van der Waals surface area contributed by atoms with Crippen molar-refractivity contribution in [1.29, 1.82) is 0 Å². The van der Waals surface area contributed by atoms with Crippen molar-refractivity contribution in [3.05, 3.63) is 47.0 Å². The molecule has 2 rings (SSSR count). The quantitative estimate of drug-likeness (QED) is 0.651. The Balaban J connectivity index is 1.96. The maximum absolute atomic E-state index is 6.16. The molecule has 0 saturated heterocycles. The highest BCUT2D eigenvalue weighted by Gasteiger charge is 2.29. The van der Waals surface area contributed by atoms with Crippen molar-refractivity contribution in [2.75, 3.05) is 20.1 Å². The lowest BCUT2D eigenvalue weighted by atomic mass is 9.91. The van der Waals surface area contributed by atoms with Gasteiger partial charge in [0.2, 0.25) is 0 Å². The van der Waals surface area contributed by atoms with Crippen molar-refractivity contribution in [3.63, 3.8) is 0 Å². The summed E-state index contributed by atoms with van der Waals surface area (Å²) >= 11 is 11.5. The minimum atomic E-state index is 0.573. The molecule has 0 bridgehead atoms. The Hall–Kier alpha value is -1.06. The van der Waals surface area contributed by atoms with Gasteiger partial charge in [-0.2, -0.15) is 0 Å². The van der Waals surface area contributed by atoms with Crippen LogP contribution in [0.25, 0.3) is 0 Å². The van der Waals surface area contributed by atoms with Gasteiger partial charge in [0, 0.05) is 25.2 Å². The number of nitrogens with one attached hydrogen (secondary N) is 1. The van der Waals surface area contributed by atoms with Crippen molar-refractivity contribution in [3.8, 4) is 0 Å². The molecule has 21 heavy (non-hydrogen) atoms. The van der Waals surface area contributed by atoms with Crippen LogP contribution in [-0.4, -0.2) is 30.1 Å². The number of benzene rings is 1. The van der Waals surface area contributed by atoms with E-state index in [-0.39, 0.29) is 0 Å². The predicted molar refractivity (Wildman–Crippen MR) is 95.1 cm³/mol. The third-order valence-electron chi connectivity index (χ3n) is 4.26. The van der Waals surface area contributed by atoms with E-state index >= 15 is 0 Å². The van der Waals surface area contributed by atoms with E-state index in [1.165, 1.54) is 11.1 Å². The van der Waals surface area contributed by atoms with E-state index in [2.05, 4.69) is 35.9 Å². The van der Waals surface area contributed by atoms with Crippen LogP contribution in [0.1, 0.15) is 30.4 Å². The molecule has 0 heterocycles. The maximum Gasteiger partial charge on any atom is 0.168 e. The van der Waals surface area contributed by atoms with Gasteiger partial charge in [0.05, 0.1) is 0 Å². The summed E-state index contributed by atoms with van der Waals surface area (Å²) in [5.41, 5.74) is 2.88. The van der Waals surface area contributed by atoms with Gasteiger partial charge in [0.15, 0.2) is 5.11 Å². The average Bonchev–Trinajstić information content (AvgIpc) is 2.77. The highest BCUT2D eigenvalue weighted by atomic mass is 35.5.